The molecule has 0 aliphatic heterocycles. The van der Waals surface area contributed by atoms with E-state index in [1.54, 1.807) is 17.0 Å². The van der Waals surface area contributed by atoms with Crippen molar-refractivity contribution < 1.29 is 9.47 Å². The van der Waals surface area contributed by atoms with Gasteiger partial charge in [-0.3, -0.25) is 9.36 Å². The maximum Gasteiger partial charge on any atom is 0.261 e. The van der Waals surface area contributed by atoms with Gasteiger partial charge in [0.1, 0.15) is 6.61 Å². The minimum Gasteiger partial charge on any atom is -0.490 e. The molecule has 0 saturated carbocycles. The topological polar surface area (TPSA) is 53.4 Å². The highest BCUT2D eigenvalue weighted by Crippen LogP contribution is 2.27. The lowest BCUT2D eigenvalue weighted by Crippen LogP contribution is -2.21. The fourth-order valence-corrected chi connectivity index (χ4v) is 3.11. The zero-order chi connectivity index (χ0) is 19.9. The SMILES string of the molecule is O=c1c2ccccc2ncn1CCCOc1ccccc1OCc1ccccc1. The van der Waals surface area contributed by atoms with Crippen LogP contribution in [0.5, 0.6) is 11.5 Å². The van der Waals surface area contributed by atoms with Gasteiger partial charge in [-0.15, -0.1) is 0 Å². The molecule has 0 bridgehead atoms. The Bertz CT molecular complexity index is 1140. The maximum absolute atomic E-state index is 12.5. The lowest BCUT2D eigenvalue weighted by atomic mass is 10.2. The van der Waals surface area contributed by atoms with Crippen LogP contribution in [-0.2, 0) is 13.2 Å². The third-order valence-electron chi connectivity index (χ3n) is 4.62. The molecule has 0 spiro atoms. The normalized spacial score (nSPS) is 10.8. The summed E-state index contributed by atoms with van der Waals surface area (Å²) in [5, 5.41) is 0.635. The molecule has 146 valence electrons. The first-order valence-corrected chi connectivity index (χ1v) is 9.64. The number of para-hydroxylation sites is 3. The molecule has 4 rings (SSSR count). The lowest BCUT2D eigenvalue weighted by Gasteiger charge is -2.13. The third-order valence-corrected chi connectivity index (χ3v) is 4.62. The van der Waals surface area contributed by atoms with E-state index in [1.807, 2.05) is 72.8 Å². The van der Waals surface area contributed by atoms with Gasteiger partial charge in [0, 0.05) is 6.54 Å². The van der Waals surface area contributed by atoms with E-state index in [4.69, 9.17) is 9.47 Å². The van der Waals surface area contributed by atoms with Crippen molar-refractivity contribution in [3.8, 4) is 11.5 Å². The monoisotopic (exact) mass is 386 g/mol. The fourth-order valence-electron chi connectivity index (χ4n) is 3.11. The van der Waals surface area contributed by atoms with Crippen LogP contribution in [-0.4, -0.2) is 16.2 Å². The number of benzene rings is 3. The van der Waals surface area contributed by atoms with Crippen molar-refractivity contribution in [3.05, 3.63) is 101 Å². The van der Waals surface area contributed by atoms with Gasteiger partial charge in [0.05, 0.1) is 23.8 Å². The van der Waals surface area contributed by atoms with Crippen molar-refractivity contribution in [1.29, 1.82) is 0 Å². The number of aromatic nitrogens is 2. The minimum atomic E-state index is -0.0257. The summed E-state index contributed by atoms with van der Waals surface area (Å²) in [4.78, 5) is 16.9. The Balaban J connectivity index is 1.34. The lowest BCUT2D eigenvalue weighted by molar-refractivity contribution is 0.256. The van der Waals surface area contributed by atoms with Crippen LogP contribution in [0.3, 0.4) is 0 Å². The predicted molar refractivity (Wildman–Crippen MR) is 113 cm³/mol. The van der Waals surface area contributed by atoms with E-state index in [0.717, 1.165) is 11.1 Å². The van der Waals surface area contributed by atoms with Gasteiger partial charge >= 0.3 is 0 Å². The van der Waals surface area contributed by atoms with Gasteiger partial charge in [-0.25, -0.2) is 4.98 Å². The van der Waals surface area contributed by atoms with Gasteiger partial charge < -0.3 is 9.47 Å². The molecule has 3 aromatic carbocycles. The summed E-state index contributed by atoms with van der Waals surface area (Å²) in [6.07, 6.45) is 2.29. The second-order valence-corrected chi connectivity index (χ2v) is 6.68. The molecule has 0 fully saturated rings. The molecule has 0 radical (unpaired) electrons. The number of aryl methyl sites for hydroxylation is 1. The summed E-state index contributed by atoms with van der Waals surface area (Å²) in [6.45, 7) is 1.51. The maximum atomic E-state index is 12.5. The third kappa shape index (κ3) is 4.63. The van der Waals surface area contributed by atoms with E-state index in [-0.39, 0.29) is 5.56 Å². The van der Waals surface area contributed by atoms with E-state index in [1.165, 1.54) is 0 Å². The van der Waals surface area contributed by atoms with Gasteiger partial charge in [0.2, 0.25) is 0 Å². The minimum absolute atomic E-state index is 0.0257. The second-order valence-electron chi connectivity index (χ2n) is 6.68. The quantitative estimate of drug-likeness (QED) is 0.420. The average molecular weight is 386 g/mol. The Kier molecular flexibility index (Phi) is 5.86. The Morgan fingerprint density at radius 1 is 0.793 bits per heavy atom. The molecule has 0 aliphatic carbocycles. The number of nitrogens with zero attached hydrogens (tertiary/aromatic N) is 2. The highest BCUT2D eigenvalue weighted by molar-refractivity contribution is 5.76. The number of fused-ring (bicyclic) bond motifs is 1. The number of ether oxygens (including phenoxy) is 2. The molecular weight excluding hydrogens is 364 g/mol. The molecule has 0 aliphatic rings. The van der Waals surface area contributed by atoms with Crippen LogP contribution >= 0.6 is 0 Å². The van der Waals surface area contributed by atoms with Crippen LogP contribution in [0.2, 0.25) is 0 Å². The molecular formula is C24H22N2O3. The van der Waals surface area contributed by atoms with Crippen molar-refractivity contribution in [2.75, 3.05) is 6.61 Å². The van der Waals surface area contributed by atoms with E-state index in [0.29, 0.717) is 43.1 Å². The van der Waals surface area contributed by atoms with Gasteiger partial charge in [-0.2, -0.15) is 0 Å². The summed E-state index contributed by atoms with van der Waals surface area (Å²) < 4.78 is 13.5. The van der Waals surface area contributed by atoms with E-state index in [9.17, 15) is 4.79 Å². The molecule has 0 atom stereocenters. The zero-order valence-corrected chi connectivity index (χ0v) is 16.0. The molecule has 1 heterocycles. The Morgan fingerprint density at radius 3 is 2.31 bits per heavy atom. The molecule has 0 saturated heterocycles. The van der Waals surface area contributed by atoms with E-state index < -0.39 is 0 Å². The van der Waals surface area contributed by atoms with Crippen LogP contribution in [0.15, 0.2) is 90.0 Å². The van der Waals surface area contributed by atoms with E-state index >= 15 is 0 Å². The summed E-state index contributed by atoms with van der Waals surface area (Å²) in [5.41, 5.74) is 1.79. The molecule has 0 N–H and O–H groups in total. The van der Waals surface area contributed by atoms with Crippen molar-refractivity contribution in [2.24, 2.45) is 0 Å². The number of rotatable bonds is 8. The van der Waals surface area contributed by atoms with E-state index in [2.05, 4.69) is 4.98 Å². The van der Waals surface area contributed by atoms with Crippen molar-refractivity contribution in [1.82, 2.24) is 9.55 Å². The first-order chi connectivity index (χ1) is 14.3. The highest BCUT2D eigenvalue weighted by atomic mass is 16.5. The number of hydrogen-bond acceptors (Lipinski definition) is 4. The molecule has 4 aromatic rings. The van der Waals surface area contributed by atoms with Gasteiger partial charge in [0.15, 0.2) is 11.5 Å². The molecule has 5 heteroatoms. The molecule has 29 heavy (non-hydrogen) atoms. The Hall–Kier alpha value is -3.60. The van der Waals surface area contributed by atoms with Gasteiger partial charge in [-0.05, 0) is 36.2 Å². The predicted octanol–water partition coefficient (Wildman–Crippen LogP) is 4.44. The largest absolute Gasteiger partial charge is 0.490 e. The average Bonchev–Trinajstić information content (AvgIpc) is 2.78. The molecule has 5 nitrogen and oxygen atoms in total. The zero-order valence-electron chi connectivity index (χ0n) is 16.0. The van der Waals surface area contributed by atoms with Crippen LogP contribution in [0, 0.1) is 0 Å². The van der Waals surface area contributed by atoms with Crippen LogP contribution in [0.1, 0.15) is 12.0 Å². The second kappa shape index (κ2) is 9.06. The summed E-state index contributed by atoms with van der Waals surface area (Å²) in [5.74, 6) is 1.41. The summed E-state index contributed by atoms with van der Waals surface area (Å²) in [7, 11) is 0. The van der Waals surface area contributed by atoms with Crippen molar-refractivity contribution in [3.63, 3.8) is 0 Å². The van der Waals surface area contributed by atoms with Gasteiger partial charge in [-0.1, -0.05) is 54.6 Å². The van der Waals surface area contributed by atoms with Crippen LogP contribution < -0.4 is 15.0 Å². The standard InChI is InChI=1S/C24H22N2O3/c27-24-20-11-4-5-12-21(20)25-18-26(24)15-8-16-28-22-13-6-7-14-23(22)29-17-19-9-2-1-3-10-19/h1-7,9-14,18H,8,15-17H2. The molecule has 0 amide bonds. The number of hydrogen-bond donors (Lipinski definition) is 0. The Labute approximate surface area is 169 Å². The first kappa shape index (κ1) is 18.7. The summed E-state index contributed by atoms with van der Waals surface area (Å²) >= 11 is 0. The fraction of sp³-hybridized carbons (Fsp3) is 0.167. The highest BCUT2D eigenvalue weighted by Gasteiger charge is 2.06. The smallest absolute Gasteiger partial charge is 0.261 e. The van der Waals surface area contributed by atoms with Gasteiger partial charge in [0.25, 0.3) is 5.56 Å². The van der Waals surface area contributed by atoms with Crippen molar-refractivity contribution >= 4 is 10.9 Å². The molecule has 1 aromatic heterocycles. The van der Waals surface area contributed by atoms with Crippen LogP contribution in [0.25, 0.3) is 10.9 Å². The van der Waals surface area contributed by atoms with Crippen molar-refractivity contribution in [2.45, 2.75) is 19.6 Å². The first-order valence-electron chi connectivity index (χ1n) is 9.64. The van der Waals surface area contributed by atoms with Crippen LogP contribution in [0.4, 0.5) is 0 Å². The Morgan fingerprint density at radius 2 is 1.48 bits per heavy atom. The molecule has 0 unspecified atom stereocenters. The summed E-state index contributed by atoms with van der Waals surface area (Å²) in [6, 6.07) is 25.0.